The van der Waals surface area contributed by atoms with Gasteiger partial charge < -0.3 is 9.88 Å². The lowest BCUT2D eigenvalue weighted by molar-refractivity contribution is 0.0618. The highest BCUT2D eigenvalue weighted by atomic mass is 32.1. The van der Waals surface area contributed by atoms with Crippen molar-refractivity contribution in [2.45, 2.75) is 38.8 Å². The van der Waals surface area contributed by atoms with Gasteiger partial charge in [0.15, 0.2) is 0 Å². The van der Waals surface area contributed by atoms with Crippen molar-refractivity contribution in [1.82, 2.24) is 30.0 Å². The summed E-state index contributed by atoms with van der Waals surface area (Å²) in [6.45, 7) is 4.00. The summed E-state index contributed by atoms with van der Waals surface area (Å²) in [4.78, 5) is 18.9. The van der Waals surface area contributed by atoms with Crippen LogP contribution < -0.4 is 5.32 Å². The number of thiazole rings is 1. The van der Waals surface area contributed by atoms with Gasteiger partial charge in [-0.25, -0.2) is 4.98 Å². The van der Waals surface area contributed by atoms with Gasteiger partial charge in [-0.2, -0.15) is 0 Å². The molecule has 2 aliphatic rings. The maximum Gasteiger partial charge on any atom is 0.288 e. The number of hydrogen-bond donors (Lipinski definition) is 1. The molecule has 0 saturated carbocycles. The lowest BCUT2D eigenvalue weighted by Gasteiger charge is -2.44. The normalized spacial score (nSPS) is 20.0. The summed E-state index contributed by atoms with van der Waals surface area (Å²) in [7, 11) is 1.64. The first-order chi connectivity index (χ1) is 11.7. The van der Waals surface area contributed by atoms with Crippen molar-refractivity contribution in [2.24, 2.45) is 5.41 Å². The van der Waals surface area contributed by atoms with Crippen LogP contribution in [0.4, 0.5) is 0 Å². The van der Waals surface area contributed by atoms with Crippen molar-refractivity contribution in [3.63, 3.8) is 0 Å². The summed E-state index contributed by atoms with van der Waals surface area (Å²) in [5.41, 5.74) is 0.275. The zero-order chi connectivity index (χ0) is 16.6. The standard InChI is InChI=1S/C16H22N6OS/c1-17-15(23)14-20-19-12-2-3-16(11-22(12)14)4-7-21(8-5-16)10-13-18-6-9-24-13/h6,9H,2-5,7-8,10-11H2,1H3,(H,17,23). The van der Waals surface area contributed by atoms with E-state index in [1.54, 1.807) is 18.4 Å². The summed E-state index contributed by atoms with van der Waals surface area (Å²) < 4.78 is 2.04. The maximum absolute atomic E-state index is 12.0. The average molecular weight is 346 g/mol. The molecule has 24 heavy (non-hydrogen) atoms. The predicted molar refractivity (Wildman–Crippen MR) is 90.8 cm³/mol. The summed E-state index contributed by atoms with van der Waals surface area (Å²) in [6, 6.07) is 0. The minimum Gasteiger partial charge on any atom is -0.352 e. The van der Waals surface area contributed by atoms with Crippen molar-refractivity contribution < 1.29 is 4.79 Å². The third kappa shape index (κ3) is 2.84. The summed E-state index contributed by atoms with van der Waals surface area (Å²) in [5.74, 6) is 1.26. The molecule has 4 heterocycles. The van der Waals surface area contributed by atoms with Crippen LogP contribution in [0.15, 0.2) is 11.6 Å². The molecule has 1 spiro atoms. The van der Waals surface area contributed by atoms with E-state index in [-0.39, 0.29) is 11.3 Å². The van der Waals surface area contributed by atoms with Crippen LogP contribution in [0.3, 0.4) is 0 Å². The van der Waals surface area contributed by atoms with E-state index in [1.165, 1.54) is 5.01 Å². The van der Waals surface area contributed by atoms with Gasteiger partial charge >= 0.3 is 0 Å². The van der Waals surface area contributed by atoms with E-state index in [2.05, 4.69) is 25.4 Å². The van der Waals surface area contributed by atoms with E-state index in [0.717, 1.165) is 57.7 Å². The molecule has 1 saturated heterocycles. The highest BCUT2D eigenvalue weighted by Crippen LogP contribution is 2.41. The van der Waals surface area contributed by atoms with Crippen LogP contribution in [-0.4, -0.2) is 50.7 Å². The summed E-state index contributed by atoms with van der Waals surface area (Å²) in [5, 5.41) is 14.2. The molecule has 1 fully saturated rings. The Morgan fingerprint density at radius 3 is 2.88 bits per heavy atom. The number of piperidine rings is 1. The SMILES string of the molecule is CNC(=O)c1nnc2n1CC1(CC2)CCN(Cc2nccs2)CC1. The van der Waals surface area contributed by atoms with Gasteiger partial charge in [0.1, 0.15) is 10.8 Å². The third-order valence-corrected chi connectivity index (χ3v) is 6.15. The van der Waals surface area contributed by atoms with Crippen LogP contribution in [0, 0.1) is 5.41 Å². The molecule has 1 N–H and O–H groups in total. The van der Waals surface area contributed by atoms with Crippen LogP contribution in [0.5, 0.6) is 0 Å². The fourth-order valence-corrected chi connectivity index (χ4v) is 4.53. The van der Waals surface area contributed by atoms with E-state index in [4.69, 9.17) is 0 Å². The Kier molecular flexibility index (Phi) is 4.09. The largest absolute Gasteiger partial charge is 0.352 e. The lowest BCUT2D eigenvalue weighted by atomic mass is 9.73. The number of amides is 1. The first-order valence-electron chi connectivity index (χ1n) is 8.44. The molecule has 7 nitrogen and oxygen atoms in total. The maximum atomic E-state index is 12.0. The third-order valence-electron chi connectivity index (χ3n) is 5.39. The average Bonchev–Trinajstić information content (AvgIpc) is 3.26. The molecule has 0 atom stereocenters. The van der Waals surface area contributed by atoms with E-state index in [0.29, 0.717) is 5.82 Å². The molecule has 1 amide bonds. The molecule has 2 aromatic heterocycles. The highest BCUT2D eigenvalue weighted by molar-refractivity contribution is 7.09. The summed E-state index contributed by atoms with van der Waals surface area (Å²) in [6.07, 6.45) is 6.24. The highest BCUT2D eigenvalue weighted by Gasteiger charge is 2.39. The number of carbonyl (C=O) groups is 1. The first-order valence-corrected chi connectivity index (χ1v) is 9.32. The zero-order valence-electron chi connectivity index (χ0n) is 13.9. The molecular formula is C16H22N6OS. The Labute approximate surface area is 145 Å². The Balaban J connectivity index is 1.45. The quantitative estimate of drug-likeness (QED) is 0.907. The molecule has 0 bridgehead atoms. The number of aryl methyl sites for hydroxylation is 1. The molecule has 8 heteroatoms. The Bertz CT molecular complexity index is 717. The van der Waals surface area contributed by atoms with Crippen molar-refractivity contribution in [3.05, 3.63) is 28.2 Å². The smallest absolute Gasteiger partial charge is 0.288 e. The molecular weight excluding hydrogens is 324 g/mol. The number of fused-ring (bicyclic) bond motifs is 1. The fourth-order valence-electron chi connectivity index (χ4n) is 3.87. The van der Waals surface area contributed by atoms with Gasteiger partial charge in [0.25, 0.3) is 5.91 Å². The van der Waals surface area contributed by atoms with Gasteiger partial charge in [0.2, 0.25) is 5.82 Å². The monoisotopic (exact) mass is 346 g/mol. The Morgan fingerprint density at radius 1 is 1.33 bits per heavy atom. The van der Waals surface area contributed by atoms with Crippen LogP contribution in [-0.2, 0) is 19.5 Å². The van der Waals surface area contributed by atoms with Crippen molar-refractivity contribution in [3.8, 4) is 0 Å². The number of aromatic nitrogens is 4. The Hall–Kier alpha value is -1.80. The van der Waals surface area contributed by atoms with E-state index >= 15 is 0 Å². The molecule has 0 aromatic carbocycles. The minimum absolute atomic E-state index is 0.146. The summed E-state index contributed by atoms with van der Waals surface area (Å²) >= 11 is 1.73. The molecule has 2 aliphatic heterocycles. The predicted octanol–water partition coefficient (Wildman–Crippen LogP) is 1.32. The van der Waals surface area contributed by atoms with Crippen molar-refractivity contribution in [2.75, 3.05) is 20.1 Å². The minimum atomic E-state index is -0.146. The topological polar surface area (TPSA) is 75.9 Å². The molecule has 0 aliphatic carbocycles. The van der Waals surface area contributed by atoms with Gasteiger partial charge in [-0.15, -0.1) is 21.5 Å². The first kappa shape index (κ1) is 15.7. The number of hydrogen-bond acceptors (Lipinski definition) is 6. The number of rotatable bonds is 3. The van der Waals surface area contributed by atoms with Gasteiger partial charge in [-0.1, -0.05) is 0 Å². The second-order valence-electron chi connectivity index (χ2n) is 6.81. The van der Waals surface area contributed by atoms with Gasteiger partial charge in [0, 0.05) is 31.6 Å². The van der Waals surface area contributed by atoms with Crippen LogP contribution >= 0.6 is 11.3 Å². The second-order valence-corrected chi connectivity index (χ2v) is 7.79. The Morgan fingerprint density at radius 2 is 2.17 bits per heavy atom. The molecule has 0 radical (unpaired) electrons. The number of nitrogens with zero attached hydrogens (tertiary/aromatic N) is 5. The van der Waals surface area contributed by atoms with Crippen LogP contribution in [0.2, 0.25) is 0 Å². The van der Waals surface area contributed by atoms with E-state index in [9.17, 15) is 4.79 Å². The van der Waals surface area contributed by atoms with Crippen LogP contribution in [0.1, 0.15) is 40.7 Å². The van der Waals surface area contributed by atoms with E-state index < -0.39 is 0 Å². The molecule has 4 rings (SSSR count). The number of likely N-dealkylation sites (tertiary alicyclic amines) is 1. The van der Waals surface area contributed by atoms with Gasteiger partial charge in [-0.3, -0.25) is 9.69 Å². The van der Waals surface area contributed by atoms with Gasteiger partial charge in [0.05, 0.1) is 6.54 Å². The zero-order valence-corrected chi connectivity index (χ0v) is 14.7. The van der Waals surface area contributed by atoms with Gasteiger partial charge in [-0.05, 0) is 37.8 Å². The molecule has 128 valence electrons. The van der Waals surface area contributed by atoms with Crippen molar-refractivity contribution in [1.29, 1.82) is 0 Å². The van der Waals surface area contributed by atoms with Crippen molar-refractivity contribution >= 4 is 17.2 Å². The number of carbonyl (C=O) groups excluding carboxylic acids is 1. The van der Waals surface area contributed by atoms with E-state index in [1.807, 2.05) is 16.1 Å². The number of nitrogens with one attached hydrogen (secondary N) is 1. The van der Waals surface area contributed by atoms with Crippen LogP contribution in [0.25, 0.3) is 0 Å². The second kappa shape index (κ2) is 6.25. The fraction of sp³-hybridized carbons (Fsp3) is 0.625. The lowest BCUT2D eigenvalue weighted by Crippen LogP contribution is -2.44. The molecule has 2 aromatic rings. The molecule has 0 unspecified atom stereocenters.